The summed E-state index contributed by atoms with van der Waals surface area (Å²) in [6.07, 6.45) is 2.38. The van der Waals surface area contributed by atoms with E-state index in [-0.39, 0.29) is 5.69 Å². The van der Waals surface area contributed by atoms with Crippen molar-refractivity contribution in [3.8, 4) is 5.69 Å². The number of nitrogens with zero attached hydrogens (tertiary/aromatic N) is 3. The maximum atomic E-state index is 10.7. The number of aryl methyl sites for hydroxylation is 1. The first-order valence-corrected chi connectivity index (χ1v) is 4.88. The molecule has 6 nitrogen and oxygen atoms in total. The van der Waals surface area contributed by atoms with Gasteiger partial charge in [-0.15, -0.1) is 0 Å². The van der Waals surface area contributed by atoms with E-state index in [4.69, 9.17) is 0 Å². The first-order valence-electron chi connectivity index (χ1n) is 4.88. The Balaban J connectivity index is 2.39. The highest BCUT2D eigenvalue weighted by Crippen LogP contribution is 2.15. The van der Waals surface area contributed by atoms with Gasteiger partial charge in [0.05, 0.1) is 10.6 Å². The van der Waals surface area contributed by atoms with E-state index in [0.717, 1.165) is 5.56 Å². The Bertz CT molecular complexity index is 572. The van der Waals surface area contributed by atoms with Crippen LogP contribution in [0, 0.1) is 17.0 Å². The van der Waals surface area contributed by atoms with Crippen molar-refractivity contribution in [1.29, 1.82) is 0 Å². The van der Waals surface area contributed by atoms with E-state index in [9.17, 15) is 14.9 Å². The summed E-state index contributed by atoms with van der Waals surface area (Å²) >= 11 is 0. The van der Waals surface area contributed by atoms with Crippen LogP contribution in [-0.2, 0) is 0 Å². The number of aldehydes is 1. The van der Waals surface area contributed by atoms with Gasteiger partial charge in [0.2, 0.25) is 0 Å². The highest BCUT2D eigenvalue weighted by molar-refractivity contribution is 5.73. The molecular formula is C11H9N3O3. The number of nitro benzene ring substituents is 1. The molecule has 2 rings (SSSR count). The van der Waals surface area contributed by atoms with Crippen LogP contribution in [0.15, 0.2) is 30.5 Å². The highest BCUT2D eigenvalue weighted by Gasteiger charge is 2.08. The minimum absolute atomic E-state index is 0.0215. The second kappa shape index (κ2) is 4.17. The molecule has 0 saturated carbocycles. The summed E-state index contributed by atoms with van der Waals surface area (Å²) in [6, 6.07) is 5.96. The second-order valence-electron chi connectivity index (χ2n) is 3.53. The maximum absolute atomic E-state index is 10.7. The van der Waals surface area contributed by atoms with E-state index >= 15 is 0 Å². The molecule has 0 unspecified atom stereocenters. The van der Waals surface area contributed by atoms with Crippen LogP contribution < -0.4 is 0 Å². The smallest absolute Gasteiger partial charge is 0.269 e. The van der Waals surface area contributed by atoms with Gasteiger partial charge in [-0.2, -0.15) is 5.10 Å². The molecule has 0 N–H and O–H groups in total. The van der Waals surface area contributed by atoms with Crippen molar-refractivity contribution >= 4 is 12.0 Å². The van der Waals surface area contributed by atoms with Gasteiger partial charge < -0.3 is 0 Å². The van der Waals surface area contributed by atoms with Crippen LogP contribution in [0.25, 0.3) is 5.69 Å². The summed E-state index contributed by atoms with van der Waals surface area (Å²) in [4.78, 5) is 20.7. The fraction of sp³-hybridized carbons (Fsp3) is 0.0909. The van der Waals surface area contributed by atoms with Gasteiger partial charge >= 0.3 is 0 Å². The molecule has 0 radical (unpaired) electrons. The van der Waals surface area contributed by atoms with Crippen LogP contribution in [0.3, 0.4) is 0 Å². The highest BCUT2D eigenvalue weighted by atomic mass is 16.6. The van der Waals surface area contributed by atoms with E-state index in [0.29, 0.717) is 17.7 Å². The zero-order valence-corrected chi connectivity index (χ0v) is 9.03. The monoisotopic (exact) mass is 231 g/mol. The Morgan fingerprint density at radius 2 is 2.00 bits per heavy atom. The number of non-ortho nitro benzene ring substituents is 1. The largest absolute Gasteiger partial charge is 0.296 e. The molecule has 0 bridgehead atoms. The van der Waals surface area contributed by atoms with Crippen LogP contribution in [0.1, 0.15) is 16.1 Å². The average molecular weight is 231 g/mol. The number of rotatable bonds is 3. The normalized spacial score (nSPS) is 10.2. The molecule has 0 aliphatic heterocycles. The first-order chi connectivity index (χ1) is 8.11. The number of hydrogen-bond donors (Lipinski definition) is 0. The summed E-state index contributed by atoms with van der Waals surface area (Å²) in [7, 11) is 0. The SMILES string of the molecule is Cc1cn(-c2ccc([N+](=O)[O-])cc2)nc1C=O. The Hall–Kier alpha value is -2.50. The van der Waals surface area contributed by atoms with Crippen molar-refractivity contribution in [3.05, 3.63) is 51.8 Å². The summed E-state index contributed by atoms with van der Waals surface area (Å²) in [5.74, 6) is 0. The van der Waals surface area contributed by atoms with Gasteiger partial charge in [-0.3, -0.25) is 14.9 Å². The van der Waals surface area contributed by atoms with E-state index < -0.39 is 4.92 Å². The Morgan fingerprint density at radius 1 is 1.35 bits per heavy atom. The zero-order valence-electron chi connectivity index (χ0n) is 9.03. The molecule has 86 valence electrons. The molecule has 6 heteroatoms. The standard InChI is InChI=1S/C11H9N3O3/c1-8-6-13(12-11(8)7-15)9-2-4-10(5-3-9)14(16)17/h2-7H,1H3. The van der Waals surface area contributed by atoms with Gasteiger partial charge in [0, 0.05) is 18.3 Å². The Morgan fingerprint density at radius 3 is 2.47 bits per heavy atom. The van der Waals surface area contributed by atoms with Crippen molar-refractivity contribution in [1.82, 2.24) is 9.78 Å². The molecule has 0 aliphatic carbocycles. The molecular weight excluding hydrogens is 222 g/mol. The van der Waals surface area contributed by atoms with Crippen molar-refractivity contribution < 1.29 is 9.72 Å². The van der Waals surface area contributed by atoms with Gasteiger partial charge in [0.25, 0.3) is 5.69 Å². The lowest BCUT2D eigenvalue weighted by atomic mass is 10.3. The zero-order chi connectivity index (χ0) is 12.4. The Kier molecular flexibility index (Phi) is 2.70. The topological polar surface area (TPSA) is 78.0 Å². The van der Waals surface area contributed by atoms with E-state index in [2.05, 4.69) is 5.10 Å². The average Bonchev–Trinajstić information content (AvgIpc) is 2.70. The number of aromatic nitrogens is 2. The molecule has 2 aromatic rings. The predicted octanol–water partition coefficient (Wildman–Crippen LogP) is 1.90. The van der Waals surface area contributed by atoms with Crippen molar-refractivity contribution in [2.75, 3.05) is 0 Å². The van der Waals surface area contributed by atoms with E-state index in [1.807, 2.05) is 0 Å². The van der Waals surface area contributed by atoms with Gasteiger partial charge in [0.15, 0.2) is 6.29 Å². The molecule has 0 fully saturated rings. The maximum Gasteiger partial charge on any atom is 0.269 e. The minimum Gasteiger partial charge on any atom is -0.296 e. The molecule has 0 saturated heterocycles. The lowest BCUT2D eigenvalue weighted by molar-refractivity contribution is -0.384. The van der Waals surface area contributed by atoms with Gasteiger partial charge in [-0.1, -0.05) is 0 Å². The first kappa shape index (κ1) is 11.0. The number of benzene rings is 1. The molecule has 0 spiro atoms. The van der Waals surface area contributed by atoms with E-state index in [1.54, 1.807) is 25.3 Å². The third kappa shape index (κ3) is 2.05. The number of carbonyl (C=O) groups excluding carboxylic acids is 1. The van der Waals surface area contributed by atoms with Crippen LogP contribution >= 0.6 is 0 Å². The molecule has 0 amide bonds. The number of hydrogen-bond acceptors (Lipinski definition) is 4. The van der Waals surface area contributed by atoms with Gasteiger partial charge in [-0.25, -0.2) is 4.68 Å². The summed E-state index contributed by atoms with van der Waals surface area (Å²) in [5.41, 5.74) is 1.82. The minimum atomic E-state index is -0.463. The van der Waals surface area contributed by atoms with Crippen molar-refractivity contribution in [2.45, 2.75) is 6.92 Å². The molecule has 1 aromatic heterocycles. The fourth-order valence-electron chi connectivity index (χ4n) is 1.45. The summed E-state index contributed by atoms with van der Waals surface area (Å²) in [6.45, 7) is 1.78. The van der Waals surface area contributed by atoms with Crippen molar-refractivity contribution in [3.63, 3.8) is 0 Å². The number of nitro groups is 1. The predicted molar refractivity (Wildman–Crippen MR) is 60.3 cm³/mol. The van der Waals surface area contributed by atoms with Crippen LogP contribution in [0.2, 0.25) is 0 Å². The number of carbonyl (C=O) groups is 1. The Labute approximate surface area is 96.6 Å². The lowest BCUT2D eigenvalue weighted by Gasteiger charge is -1.99. The van der Waals surface area contributed by atoms with Gasteiger partial charge in [-0.05, 0) is 24.6 Å². The third-order valence-electron chi connectivity index (χ3n) is 2.37. The van der Waals surface area contributed by atoms with Crippen LogP contribution in [0.4, 0.5) is 5.69 Å². The molecule has 0 atom stereocenters. The van der Waals surface area contributed by atoms with Gasteiger partial charge in [0.1, 0.15) is 5.69 Å². The van der Waals surface area contributed by atoms with Crippen LogP contribution in [-0.4, -0.2) is 21.0 Å². The van der Waals surface area contributed by atoms with E-state index in [1.165, 1.54) is 16.8 Å². The molecule has 1 aromatic carbocycles. The lowest BCUT2D eigenvalue weighted by Crippen LogP contribution is -1.96. The fourth-order valence-corrected chi connectivity index (χ4v) is 1.45. The summed E-state index contributed by atoms with van der Waals surface area (Å²) < 4.78 is 1.52. The second-order valence-corrected chi connectivity index (χ2v) is 3.53. The molecule has 0 aliphatic rings. The quantitative estimate of drug-likeness (QED) is 0.459. The summed E-state index contributed by atoms with van der Waals surface area (Å²) in [5, 5.41) is 14.5. The molecule has 17 heavy (non-hydrogen) atoms. The molecule has 1 heterocycles. The van der Waals surface area contributed by atoms with Crippen molar-refractivity contribution in [2.24, 2.45) is 0 Å². The third-order valence-corrected chi connectivity index (χ3v) is 2.37. The van der Waals surface area contributed by atoms with Crippen LogP contribution in [0.5, 0.6) is 0 Å².